The summed E-state index contributed by atoms with van der Waals surface area (Å²) in [5.41, 5.74) is -0.865. The number of alkyl halides is 3. The van der Waals surface area contributed by atoms with E-state index in [-0.39, 0.29) is 6.54 Å². The molecule has 0 aliphatic carbocycles. The van der Waals surface area contributed by atoms with Crippen molar-refractivity contribution in [1.82, 2.24) is 15.6 Å². The molecule has 0 bridgehead atoms. The fraction of sp³-hybridized carbons (Fsp3) is 0.467. The lowest BCUT2D eigenvalue weighted by atomic mass is 10.3. The number of aromatic nitrogens is 1. The lowest BCUT2D eigenvalue weighted by Crippen LogP contribution is -2.38. The Morgan fingerprint density at radius 1 is 1.38 bits per heavy atom. The second kappa shape index (κ2) is 9.54. The maximum Gasteiger partial charge on any atom is 0.434 e. The highest BCUT2D eigenvalue weighted by Crippen LogP contribution is 2.30. The first-order valence-corrected chi connectivity index (χ1v) is 9.84. The number of hydrogen-bond acceptors (Lipinski definition) is 5. The molecule has 2 aromatic rings. The van der Waals surface area contributed by atoms with Gasteiger partial charge in [-0.3, -0.25) is 4.99 Å². The van der Waals surface area contributed by atoms with Crippen LogP contribution in [0, 0.1) is 0 Å². The first-order chi connectivity index (χ1) is 12.3. The maximum atomic E-state index is 12.5. The minimum Gasteiger partial charge on any atom is -0.386 e. The van der Waals surface area contributed by atoms with E-state index in [1.807, 2.05) is 6.92 Å². The van der Waals surface area contributed by atoms with E-state index in [1.54, 1.807) is 12.1 Å². The molecule has 1 unspecified atom stereocenters. The van der Waals surface area contributed by atoms with Crippen molar-refractivity contribution >= 4 is 40.2 Å². The van der Waals surface area contributed by atoms with Crippen LogP contribution in [0.2, 0.25) is 4.34 Å². The van der Waals surface area contributed by atoms with Gasteiger partial charge in [-0.15, -0.1) is 22.7 Å². The highest BCUT2D eigenvalue weighted by atomic mass is 35.5. The van der Waals surface area contributed by atoms with Crippen molar-refractivity contribution in [3.05, 3.63) is 37.4 Å². The Hall–Kier alpha value is -1.36. The molecule has 144 valence electrons. The highest BCUT2D eigenvalue weighted by molar-refractivity contribution is 7.16. The number of thiazole rings is 1. The molecule has 0 fully saturated rings. The zero-order valence-electron chi connectivity index (χ0n) is 13.8. The summed E-state index contributed by atoms with van der Waals surface area (Å²) in [6.45, 7) is 3.02. The van der Waals surface area contributed by atoms with Crippen molar-refractivity contribution < 1.29 is 18.3 Å². The fourth-order valence-corrected chi connectivity index (χ4v) is 3.80. The number of halogens is 4. The normalized spacial score (nSPS) is 13.7. The van der Waals surface area contributed by atoms with Crippen molar-refractivity contribution in [3.8, 4) is 0 Å². The summed E-state index contributed by atoms with van der Waals surface area (Å²) in [5.74, 6) is 0.474. The summed E-state index contributed by atoms with van der Waals surface area (Å²) in [4.78, 5) is 8.59. The van der Waals surface area contributed by atoms with Gasteiger partial charge in [0.25, 0.3) is 0 Å². The molecule has 2 rings (SSSR count). The molecule has 11 heteroatoms. The molecule has 0 saturated heterocycles. The fourth-order valence-electron chi connectivity index (χ4n) is 1.96. The zero-order valence-corrected chi connectivity index (χ0v) is 16.2. The summed E-state index contributed by atoms with van der Waals surface area (Å²) in [6, 6.07) is 3.45. The molecular weight excluding hydrogens is 409 g/mol. The van der Waals surface area contributed by atoms with Crippen LogP contribution in [0.15, 0.2) is 22.5 Å². The van der Waals surface area contributed by atoms with Gasteiger partial charge in [0.15, 0.2) is 11.7 Å². The number of thiophene rings is 1. The number of aliphatic hydroxyl groups excluding tert-OH is 1. The van der Waals surface area contributed by atoms with Crippen molar-refractivity contribution in [2.24, 2.45) is 4.99 Å². The predicted octanol–water partition coefficient (Wildman–Crippen LogP) is 3.71. The smallest absolute Gasteiger partial charge is 0.386 e. The van der Waals surface area contributed by atoms with Gasteiger partial charge < -0.3 is 15.7 Å². The molecule has 2 aromatic heterocycles. The van der Waals surface area contributed by atoms with Crippen LogP contribution in [-0.4, -0.2) is 35.7 Å². The van der Waals surface area contributed by atoms with Gasteiger partial charge in [-0.25, -0.2) is 4.98 Å². The second-order valence-corrected chi connectivity index (χ2v) is 7.87. The van der Waals surface area contributed by atoms with Gasteiger partial charge in [-0.1, -0.05) is 11.6 Å². The number of hydrogen-bond donors (Lipinski definition) is 3. The van der Waals surface area contributed by atoms with Gasteiger partial charge in [0, 0.05) is 29.8 Å². The quantitative estimate of drug-likeness (QED) is 0.466. The first-order valence-electron chi connectivity index (χ1n) is 7.76. The summed E-state index contributed by atoms with van der Waals surface area (Å²) in [6.07, 6.45) is -4.84. The molecule has 0 aliphatic rings. The summed E-state index contributed by atoms with van der Waals surface area (Å²) in [7, 11) is 0. The largest absolute Gasteiger partial charge is 0.434 e. The lowest BCUT2D eigenvalue weighted by molar-refractivity contribution is -0.140. The third kappa shape index (κ3) is 6.42. The standard InChI is InChI=1S/C15H18ClF3N4OS2/c1-2-20-14(22-7-9(24)10-3-4-12(16)26-10)21-6-5-13-23-11(8-25-13)15(17,18)19/h3-4,8-9,24H,2,5-7H2,1H3,(H2,20,21,22). The number of aliphatic imine (C=N–C) groups is 1. The van der Waals surface area contributed by atoms with Gasteiger partial charge in [-0.2, -0.15) is 13.2 Å². The van der Waals surface area contributed by atoms with Crippen LogP contribution >= 0.6 is 34.3 Å². The Balaban J connectivity index is 1.86. The van der Waals surface area contributed by atoms with E-state index in [9.17, 15) is 18.3 Å². The molecule has 0 saturated carbocycles. The van der Waals surface area contributed by atoms with Crippen LogP contribution < -0.4 is 10.6 Å². The maximum absolute atomic E-state index is 12.5. The number of rotatable bonds is 7. The number of guanidine groups is 1. The topological polar surface area (TPSA) is 69.5 Å². The van der Waals surface area contributed by atoms with Gasteiger partial charge >= 0.3 is 6.18 Å². The summed E-state index contributed by atoms with van der Waals surface area (Å²) < 4.78 is 38.2. The molecule has 0 spiro atoms. The van der Waals surface area contributed by atoms with E-state index in [2.05, 4.69) is 20.6 Å². The summed E-state index contributed by atoms with van der Waals surface area (Å²) >= 11 is 8.11. The highest BCUT2D eigenvalue weighted by Gasteiger charge is 2.33. The predicted molar refractivity (Wildman–Crippen MR) is 99.1 cm³/mol. The number of aliphatic hydroxyl groups is 1. The zero-order chi connectivity index (χ0) is 19.2. The van der Waals surface area contributed by atoms with Crippen molar-refractivity contribution in [1.29, 1.82) is 0 Å². The average molecular weight is 427 g/mol. The van der Waals surface area contributed by atoms with Crippen molar-refractivity contribution in [2.75, 3.05) is 19.6 Å². The Bertz CT molecular complexity index is 733. The van der Waals surface area contributed by atoms with Crippen molar-refractivity contribution in [3.63, 3.8) is 0 Å². The van der Waals surface area contributed by atoms with E-state index in [0.717, 1.165) is 21.6 Å². The van der Waals surface area contributed by atoms with E-state index >= 15 is 0 Å². The minimum atomic E-state index is -4.42. The SMILES string of the molecule is CCNC(=NCC(O)c1ccc(Cl)s1)NCCc1nc(C(F)(F)F)cs1. The molecule has 0 amide bonds. The monoisotopic (exact) mass is 426 g/mol. The Morgan fingerprint density at radius 3 is 2.73 bits per heavy atom. The van der Waals surface area contributed by atoms with Crippen LogP contribution in [0.3, 0.4) is 0 Å². The molecule has 3 N–H and O–H groups in total. The Morgan fingerprint density at radius 2 is 2.15 bits per heavy atom. The summed E-state index contributed by atoms with van der Waals surface area (Å²) in [5, 5.41) is 17.6. The molecule has 1 atom stereocenters. The Labute approximate surface area is 161 Å². The first kappa shape index (κ1) is 20.9. The van der Waals surface area contributed by atoms with E-state index in [4.69, 9.17) is 11.6 Å². The molecule has 0 aliphatic heterocycles. The van der Waals surface area contributed by atoms with Crippen molar-refractivity contribution in [2.45, 2.75) is 25.6 Å². The van der Waals surface area contributed by atoms with E-state index in [0.29, 0.717) is 34.8 Å². The number of nitrogens with one attached hydrogen (secondary N) is 2. The average Bonchev–Trinajstić information content (AvgIpc) is 3.21. The van der Waals surface area contributed by atoms with Gasteiger partial charge in [-0.05, 0) is 19.1 Å². The molecule has 26 heavy (non-hydrogen) atoms. The molecule has 5 nitrogen and oxygen atoms in total. The minimum absolute atomic E-state index is 0.141. The molecule has 2 heterocycles. The second-order valence-electron chi connectivity index (χ2n) is 5.18. The molecule has 0 radical (unpaired) electrons. The third-order valence-electron chi connectivity index (χ3n) is 3.16. The Kier molecular flexibility index (Phi) is 7.69. The van der Waals surface area contributed by atoms with E-state index < -0.39 is 18.0 Å². The lowest BCUT2D eigenvalue weighted by Gasteiger charge is -2.12. The number of nitrogens with zero attached hydrogens (tertiary/aromatic N) is 2. The van der Waals surface area contributed by atoms with Crippen LogP contribution in [0.5, 0.6) is 0 Å². The van der Waals surface area contributed by atoms with Crippen LogP contribution in [0.1, 0.15) is 28.6 Å². The van der Waals surface area contributed by atoms with Crippen LogP contribution in [-0.2, 0) is 12.6 Å². The molecular formula is C15H18ClF3N4OS2. The van der Waals surface area contributed by atoms with Gasteiger partial charge in [0.2, 0.25) is 0 Å². The molecule has 0 aromatic carbocycles. The van der Waals surface area contributed by atoms with Gasteiger partial charge in [0.1, 0.15) is 6.10 Å². The van der Waals surface area contributed by atoms with Gasteiger partial charge in [0.05, 0.1) is 15.9 Å². The van der Waals surface area contributed by atoms with Crippen LogP contribution in [0.25, 0.3) is 0 Å². The van der Waals surface area contributed by atoms with Crippen LogP contribution in [0.4, 0.5) is 13.2 Å². The third-order valence-corrected chi connectivity index (χ3v) is 5.40. The van der Waals surface area contributed by atoms with E-state index in [1.165, 1.54) is 11.3 Å².